The van der Waals surface area contributed by atoms with Crippen molar-refractivity contribution in [3.63, 3.8) is 0 Å². The van der Waals surface area contributed by atoms with E-state index in [1.54, 1.807) is 6.92 Å². The van der Waals surface area contributed by atoms with Gasteiger partial charge in [-0.1, -0.05) is 6.92 Å². The largest absolute Gasteiger partial charge is 0.346 e. The Morgan fingerprint density at radius 3 is 1.94 bits per heavy atom. The first kappa shape index (κ1) is 13.9. The Balaban J connectivity index is 2.68. The molecule has 100 valence electrons. The van der Waals surface area contributed by atoms with Crippen LogP contribution in [0.15, 0.2) is 0 Å². The van der Waals surface area contributed by atoms with Gasteiger partial charge in [0.05, 0.1) is 19.6 Å². The highest BCUT2D eigenvalue weighted by atomic mass is 16.2. The van der Waals surface area contributed by atoms with Gasteiger partial charge in [0, 0.05) is 0 Å². The number of carbonyl (C=O) groups excluding carboxylic acids is 4. The molecule has 1 atom stereocenters. The standard InChI is InChI=1S/C10H16N4O4/c1-2-6-10(18)13-4-8(16)11-3-7(15)12-5-9(17)14-6/h6H,2-5H2,1H3,(H,11,16)(H,12,15)(H,13,18)(H,14,17). The van der Waals surface area contributed by atoms with Crippen molar-refractivity contribution in [2.45, 2.75) is 19.4 Å². The summed E-state index contributed by atoms with van der Waals surface area (Å²) < 4.78 is 0. The molecule has 0 radical (unpaired) electrons. The molecule has 1 unspecified atom stereocenters. The molecule has 8 nitrogen and oxygen atoms in total. The Bertz CT molecular complexity index is 369. The molecule has 0 spiro atoms. The van der Waals surface area contributed by atoms with Crippen LogP contribution in [-0.4, -0.2) is 49.3 Å². The summed E-state index contributed by atoms with van der Waals surface area (Å²) in [5.74, 6) is -1.79. The Kier molecular flexibility index (Phi) is 5.09. The maximum Gasteiger partial charge on any atom is 0.243 e. The van der Waals surface area contributed by atoms with E-state index >= 15 is 0 Å². The smallest absolute Gasteiger partial charge is 0.243 e. The molecule has 1 heterocycles. The predicted octanol–water partition coefficient (Wildman–Crippen LogP) is -2.76. The van der Waals surface area contributed by atoms with Gasteiger partial charge in [0.1, 0.15) is 6.04 Å². The molecule has 0 aromatic carbocycles. The summed E-state index contributed by atoms with van der Waals surface area (Å²) in [7, 11) is 0. The van der Waals surface area contributed by atoms with Crippen LogP contribution in [0.2, 0.25) is 0 Å². The van der Waals surface area contributed by atoms with E-state index in [4.69, 9.17) is 0 Å². The molecule has 8 heteroatoms. The van der Waals surface area contributed by atoms with Crippen LogP contribution in [0.25, 0.3) is 0 Å². The Hall–Kier alpha value is -2.12. The van der Waals surface area contributed by atoms with Gasteiger partial charge < -0.3 is 21.3 Å². The minimum Gasteiger partial charge on any atom is -0.346 e. The summed E-state index contributed by atoms with van der Waals surface area (Å²) in [5.41, 5.74) is 0. The molecule has 4 amide bonds. The van der Waals surface area contributed by atoms with Gasteiger partial charge in [0.25, 0.3) is 0 Å². The van der Waals surface area contributed by atoms with Crippen LogP contribution >= 0.6 is 0 Å². The number of amides is 4. The first-order valence-corrected chi connectivity index (χ1v) is 5.63. The van der Waals surface area contributed by atoms with Crippen LogP contribution in [0.1, 0.15) is 13.3 Å². The van der Waals surface area contributed by atoms with Crippen molar-refractivity contribution in [1.82, 2.24) is 21.3 Å². The van der Waals surface area contributed by atoms with Crippen molar-refractivity contribution >= 4 is 23.6 Å². The first-order chi connectivity index (χ1) is 8.52. The quantitative estimate of drug-likeness (QED) is 0.407. The fourth-order valence-corrected chi connectivity index (χ4v) is 1.37. The zero-order valence-electron chi connectivity index (χ0n) is 10.0. The molecule has 1 saturated heterocycles. The van der Waals surface area contributed by atoms with E-state index in [0.29, 0.717) is 6.42 Å². The summed E-state index contributed by atoms with van der Waals surface area (Å²) >= 11 is 0. The predicted molar refractivity (Wildman–Crippen MR) is 61.3 cm³/mol. The van der Waals surface area contributed by atoms with Crippen molar-refractivity contribution in [2.75, 3.05) is 19.6 Å². The van der Waals surface area contributed by atoms with Crippen LogP contribution in [-0.2, 0) is 19.2 Å². The lowest BCUT2D eigenvalue weighted by Gasteiger charge is -2.18. The minimum atomic E-state index is -0.707. The van der Waals surface area contributed by atoms with E-state index in [1.807, 2.05) is 0 Å². The van der Waals surface area contributed by atoms with Crippen LogP contribution < -0.4 is 21.3 Å². The number of rotatable bonds is 1. The Morgan fingerprint density at radius 1 is 0.889 bits per heavy atom. The van der Waals surface area contributed by atoms with Crippen molar-refractivity contribution < 1.29 is 19.2 Å². The van der Waals surface area contributed by atoms with Gasteiger partial charge in [-0.2, -0.15) is 0 Å². The summed E-state index contributed by atoms with van der Waals surface area (Å²) in [4.78, 5) is 45.5. The highest BCUT2D eigenvalue weighted by molar-refractivity contribution is 5.94. The topological polar surface area (TPSA) is 116 Å². The average molecular weight is 256 g/mol. The first-order valence-electron chi connectivity index (χ1n) is 5.63. The Morgan fingerprint density at radius 2 is 1.39 bits per heavy atom. The molecule has 0 aromatic heterocycles. The monoisotopic (exact) mass is 256 g/mol. The molecule has 4 N–H and O–H groups in total. The molecular formula is C10H16N4O4. The summed E-state index contributed by atoms with van der Waals surface area (Å²) in [6.07, 6.45) is 0.396. The van der Waals surface area contributed by atoms with Crippen molar-refractivity contribution in [1.29, 1.82) is 0 Å². The van der Waals surface area contributed by atoms with E-state index in [0.717, 1.165) is 0 Å². The van der Waals surface area contributed by atoms with Crippen LogP contribution in [0, 0.1) is 0 Å². The summed E-state index contributed by atoms with van der Waals surface area (Å²) in [5, 5.41) is 9.52. The molecule has 1 fully saturated rings. The zero-order valence-corrected chi connectivity index (χ0v) is 10.0. The van der Waals surface area contributed by atoms with Crippen molar-refractivity contribution in [3.05, 3.63) is 0 Å². The highest BCUT2D eigenvalue weighted by Gasteiger charge is 2.20. The van der Waals surface area contributed by atoms with Gasteiger partial charge in [-0.25, -0.2) is 0 Å². The molecule has 1 rings (SSSR count). The minimum absolute atomic E-state index is 0.223. The van der Waals surface area contributed by atoms with Crippen LogP contribution in [0.4, 0.5) is 0 Å². The van der Waals surface area contributed by atoms with Crippen molar-refractivity contribution in [2.24, 2.45) is 0 Å². The normalized spacial score (nSPS) is 22.8. The van der Waals surface area contributed by atoms with E-state index in [1.165, 1.54) is 0 Å². The van der Waals surface area contributed by atoms with Gasteiger partial charge in [0.2, 0.25) is 23.6 Å². The molecule has 0 aliphatic carbocycles. The zero-order chi connectivity index (χ0) is 13.5. The number of carbonyl (C=O) groups is 4. The molecule has 0 bridgehead atoms. The molecular weight excluding hydrogens is 240 g/mol. The van der Waals surface area contributed by atoms with Gasteiger partial charge in [0.15, 0.2) is 0 Å². The van der Waals surface area contributed by atoms with Crippen LogP contribution in [0.5, 0.6) is 0 Å². The van der Waals surface area contributed by atoms with Gasteiger partial charge >= 0.3 is 0 Å². The van der Waals surface area contributed by atoms with E-state index in [-0.39, 0.29) is 19.6 Å². The SMILES string of the molecule is CCC1NC(=O)CNC(=O)CNC(=O)CNC1=O. The second kappa shape index (κ2) is 6.58. The summed E-state index contributed by atoms with van der Waals surface area (Å²) in [6.45, 7) is 1.06. The fraction of sp³-hybridized carbons (Fsp3) is 0.600. The maximum atomic E-state index is 11.6. The second-order valence-corrected chi connectivity index (χ2v) is 3.80. The van der Waals surface area contributed by atoms with Gasteiger partial charge in [-0.05, 0) is 6.42 Å². The molecule has 0 aromatic rings. The maximum absolute atomic E-state index is 11.6. The third-order valence-electron chi connectivity index (χ3n) is 2.38. The van der Waals surface area contributed by atoms with E-state index < -0.39 is 29.7 Å². The third-order valence-corrected chi connectivity index (χ3v) is 2.38. The van der Waals surface area contributed by atoms with Gasteiger partial charge in [-0.15, -0.1) is 0 Å². The average Bonchev–Trinajstić information content (AvgIpc) is 2.36. The second-order valence-electron chi connectivity index (χ2n) is 3.80. The number of hydrogen-bond acceptors (Lipinski definition) is 4. The molecule has 18 heavy (non-hydrogen) atoms. The van der Waals surface area contributed by atoms with E-state index in [2.05, 4.69) is 21.3 Å². The lowest BCUT2D eigenvalue weighted by Crippen LogP contribution is -2.53. The van der Waals surface area contributed by atoms with E-state index in [9.17, 15) is 19.2 Å². The third kappa shape index (κ3) is 4.40. The highest BCUT2D eigenvalue weighted by Crippen LogP contribution is 1.91. The lowest BCUT2D eigenvalue weighted by molar-refractivity contribution is -0.132. The molecule has 0 saturated carbocycles. The number of nitrogens with one attached hydrogen (secondary N) is 4. The molecule has 1 aliphatic heterocycles. The lowest BCUT2D eigenvalue weighted by atomic mass is 10.2. The number of hydrogen-bond donors (Lipinski definition) is 4. The van der Waals surface area contributed by atoms with Crippen LogP contribution in [0.3, 0.4) is 0 Å². The summed E-state index contributed by atoms with van der Waals surface area (Å²) in [6, 6.07) is -0.707. The Labute approximate surface area is 104 Å². The molecule has 1 aliphatic rings. The fourth-order valence-electron chi connectivity index (χ4n) is 1.37. The van der Waals surface area contributed by atoms with Crippen molar-refractivity contribution in [3.8, 4) is 0 Å². The van der Waals surface area contributed by atoms with Gasteiger partial charge in [-0.3, -0.25) is 19.2 Å².